The van der Waals surface area contributed by atoms with Crippen LogP contribution in [0.2, 0.25) is 0 Å². The summed E-state index contributed by atoms with van der Waals surface area (Å²) in [4.78, 5) is 15.0. The Balaban J connectivity index is 1.38. The van der Waals surface area contributed by atoms with Crippen molar-refractivity contribution in [2.24, 2.45) is 0 Å². The van der Waals surface area contributed by atoms with Gasteiger partial charge in [0.2, 0.25) is 0 Å². The molecule has 1 atom stereocenters. The molecule has 0 spiro atoms. The number of benzene rings is 2. The van der Waals surface area contributed by atoms with Crippen molar-refractivity contribution in [3.8, 4) is 5.75 Å². The number of ether oxygens (including phenoxy) is 1. The van der Waals surface area contributed by atoms with Crippen LogP contribution >= 0.6 is 11.3 Å². The molecule has 0 fully saturated rings. The molecule has 1 aromatic heterocycles. The maximum Gasteiger partial charge on any atom is 0.258 e. The number of fused-ring (bicyclic) bond motifs is 1. The smallest absolute Gasteiger partial charge is 0.258 e. The molecule has 0 saturated carbocycles. The summed E-state index contributed by atoms with van der Waals surface area (Å²) in [5, 5.41) is 7.38. The zero-order valence-electron chi connectivity index (χ0n) is 17.6. The lowest BCUT2D eigenvalue weighted by atomic mass is 9.97. The van der Waals surface area contributed by atoms with Crippen molar-refractivity contribution in [3.63, 3.8) is 0 Å². The highest BCUT2D eigenvalue weighted by molar-refractivity contribution is 7.07. The van der Waals surface area contributed by atoms with E-state index in [9.17, 15) is 4.79 Å². The molecule has 0 bridgehead atoms. The molecular formula is C25H28N2O2S. The van der Waals surface area contributed by atoms with Crippen LogP contribution in [0.3, 0.4) is 0 Å². The number of hydrogen-bond donors (Lipinski definition) is 1. The number of aryl methyl sites for hydroxylation is 2. The Labute approximate surface area is 182 Å². The number of nitrogens with one attached hydrogen (secondary N) is 1. The molecule has 0 aliphatic carbocycles. The lowest BCUT2D eigenvalue weighted by molar-refractivity contribution is -0.123. The molecule has 1 amide bonds. The quantitative estimate of drug-likeness (QED) is 0.604. The summed E-state index contributed by atoms with van der Waals surface area (Å²) >= 11 is 1.70. The Morgan fingerprint density at radius 3 is 2.80 bits per heavy atom. The van der Waals surface area contributed by atoms with Gasteiger partial charge in [0, 0.05) is 19.6 Å². The Morgan fingerprint density at radius 1 is 1.17 bits per heavy atom. The fourth-order valence-electron chi connectivity index (χ4n) is 3.97. The maximum atomic E-state index is 12.5. The predicted octanol–water partition coefficient (Wildman–Crippen LogP) is 4.66. The minimum absolute atomic E-state index is 0.0312. The second-order valence-electron chi connectivity index (χ2n) is 7.92. The standard InChI is InChI=1S/C25H28N2O2S/c1-18-7-8-19(2)24(13-18)29-16-25(28)26-14-23(22-10-12-30-17-22)27-11-9-20-5-3-4-6-21(20)15-27/h3-8,10,12-13,17,23H,9,11,14-16H2,1-2H3,(H,26,28). The molecule has 30 heavy (non-hydrogen) atoms. The molecule has 1 aliphatic rings. The lowest BCUT2D eigenvalue weighted by Crippen LogP contribution is -2.41. The Morgan fingerprint density at radius 2 is 2.00 bits per heavy atom. The highest BCUT2D eigenvalue weighted by atomic mass is 32.1. The number of amides is 1. The van der Waals surface area contributed by atoms with Gasteiger partial charge in [-0.1, -0.05) is 36.4 Å². The van der Waals surface area contributed by atoms with Crippen molar-refractivity contribution < 1.29 is 9.53 Å². The monoisotopic (exact) mass is 420 g/mol. The van der Waals surface area contributed by atoms with Gasteiger partial charge in [-0.15, -0.1) is 0 Å². The van der Waals surface area contributed by atoms with Gasteiger partial charge in [0.1, 0.15) is 5.75 Å². The van der Waals surface area contributed by atoms with Gasteiger partial charge in [-0.05, 0) is 71.0 Å². The first kappa shape index (κ1) is 20.6. The summed E-state index contributed by atoms with van der Waals surface area (Å²) in [6.07, 6.45) is 1.04. The summed E-state index contributed by atoms with van der Waals surface area (Å²) in [5.74, 6) is 0.681. The average molecular weight is 421 g/mol. The summed E-state index contributed by atoms with van der Waals surface area (Å²) in [6.45, 7) is 6.53. The van der Waals surface area contributed by atoms with E-state index in [1.807, 2.05) is 32.0 Å². The molecule has 1 N–H and O–H groups in total. The van der Waals surface area contributed by atoms with Gasteiger partial charge in [-0.25, -0.2) is 0 Å². The van der Waals surface area contributed by atoms with Gasteiger partial charge in [0.25, 0.3) is 5.91 Å². The van der Waals surface area contributed by atoms with Crippen LogP contribution in [-0.4, -0.2) is 30.5 Å². The molecule has 4 nitrogen and oxygen atoms in total. The Bertz CT molecular complexity index is 1000. The molecule has 2 aromatic carbocycles. The third-order valence-corrected chi connectivity index (χ3v) is 6.43. The topological polar surface area (TPSA) is 41.6 Å². The van der Waals surface area contributed by atoms with Crippen molar-refractivity contribution in [1.82, 2.24) is 10.2 Å². The minimum Gasteiger partial charge on any atom is -0.483 e. The van der Waals surface area contributed by atoms with Crippen molar-refractivity contribution in [3.05, 3.63) is 87.1 Å². The SMILES string of the molecule is Cc1ccc(C)c(OCC(=O)NCC(c2ccsc2)N2CCc3ccccc3C2)c1. The van der Waals surface area contributed by atoms with Crippen molar-refractivity contribution >= 4 is 17.2 Å². The van der Waals surface area contributed by atoms with Gasteiger partial charge < -0.3 is 10.1 Å². The zero-order valence-corrected chi connectivity index (χ0v) is 18.4. The van der Waals surface area contributed by atoms with Gasteiger partial charge >= 0.3 is 0 Å². The van der Waals surface area contributed by atoms with E-state index in [2.05, 4.69) is 51.3 Å². The molecule has 0 radical (unpaired) electrons. The number of rotatable bonds is 7. The summed E-state index contributed by atoms with van der Waals surface area (Å²) < 4.78 is 5.77. The molecule has 1 unspecified atom stereocenters. The summed E-state index contributed by atoms with van der Waals surface area (Å²) in [7, 11) is 0. The fraction of sp³-hybridized carbons (Fsp3) is 0.320. The highest BCUT2D eigenvalue weighted by Gasteiger charge is 2.25. The van der Waals surface area contributed by atoms with E-state index in [4.69, 9.17) is 4.74 Å². The van der Waals surface area contributed by atoms with Crippen LogP contribution in [0, 0.1) is 13.8 Å². The average Bonchev–Trinajstić information content (AvgIpc) is 3.29. The van der Waals surface area contributed by atoms with Gasteiger partial charge in [-0.2, -0.15) is 11.3 Å². The van der Waals surface area contributed by atoms with E-state index in [-0.39, 0.29) is 18.6 Å². The number of thiophene rings is 1. The van der Waals surface area contributed by atoms with Gasteiger partial charge in [-0.3, -0.25) is 9.69 Å². The largest absolute Gasteiger partial charge is 0.483 e. The fourth-order valence-corrected chi connectivity index (χ4v) is 4.68. The van der Waals surface area contributed by atoms with Gasteiger partial charge in [0.15, 0.2) is 6.61 Å². The summed E-state index contributed by atoms with van der Waals surface area (Å²) in [6, 6.07) is 17.0. The van der Waals surface area contributed by atoms with Crippen LogP contribution in [0.5, 0.6) is 5.75 Å². The minimum atomic E-state index is -0.0893. The van der Waals surface area contributed by atoms with Crippen LogP contribution in [0.4, 0.5) is 0 Å². The summed E-state index contributed by atoms with van der Waals surface area (Å²) in [5.41, 5.74) is 6.24. The third-order valence-electron chi connectivity index (χ3n) is 5.72. The third kappa shape index (κ3) is 4.91. The Kier molecular flexibility index (Phi) is 6.50. The van der Waals surface area contributed by atoms with Crippen molar-refractivity contribution in [2.45, 2.75) is 32.9 Å². The molecule has 1 aliphatic heterocycles. The number of nitrogens with zero attached hydrogens (tertiary/aromatic N) is 1. The van der Waals surface area contributed by atoms with Gasteiger partial charge in [0.05, 0.1) is 6.04 Å². The lowest BCUT2D eigenvalue weighted by Gasteiger charge is -2.35. The van der Waals surface area contributed by atoms with Crippen LogP contribution in [0.25, 0.3) is 0 Å². The molecule has 4 rings (SSSR count). The van der Waals surface area contributed by atoms with E-state index in [0.29, 0.717) is 6.54 Å². The molecule has 3 aromatic rings. The highest BCUT2D eigenvalue weighted by Crippen LogP contribution is 2.28. The molecule has 5 heteroatoms. The van der Waals surface area contributed by atoms with Crippen LogP contribution in [0.1, 0.15) is 33.9 Å². The second kappa shape index (κ2) is 9.45. The molecule has 0 saturated heterocycles. The number of carbonyl (C=O) groups excluding carboxylic acids is 1. The number of carbonyl (C=O) groups is 1. The first-order chi connectivity index (χ1) is 14.6. The van der Waals surface area contributed by atoms with E-state index < -0.39 is 0 Å². The van der Waals surface area contributed by atoms with E-state index in [1.165, 1.54) is 16.7 Å². The van der Waals surface area contributed by atoms with Crippen LogP contribution < -0.4 is 10.1 Å². The second-order valence-corrected chi connectivity index (χ2v) is 8.70. The van der Waals surface area contributed by atoms with E-state index in [1.54, 1.807) is 11.3 Å². The van der Waals surface area contributed by atoms with Crippen molar-refractivity contribution in [1.29, 1.82) is 0 Å². The number of hydrogen-bond acceptors (Lipinski definition) is 4. The van der Waals surface area contributed by atoms with E-state index >= 15 is 0 Å². The molecule has 2 heterocycles. The van der Waals surface area contributed by atoms with Crippen LogP contribution in [0.15, 0.2) is 59.3 Å². The molecule has 156 valence electrons. The molecular weight excluding hydrogens is 392 g/mol. The first-order valence-corrected chi connectivity index (χ1v) is 11.3. The van der Waals surface area contributed by atoms with Crippen molar-refractivity contribution in [2.75, 3.05) is 19.7 Å². The normalized spacial score (nSPS) is 14.7. The zero-order chi connectivity index (χ0) is 20.9. The van der Waals surface area contributed by atoms with Crippen LogP contribution in [-0.2, 0) is 17.8 Å². The van der Waals surface area contributed by atoms with E-state index in [0.717, 1.165) is 36.4 Å². The Hall–Kier alpha value is -2.63. The predicted molar refractivity (Wildman–Crippen MR) is 122 cm³/mol. The first-order valence-electron chi connectivity index (χ1n) is 10.4. The maximum absolute atomic E-state index is 12.5.